The zero-order chi connectivity index (χ0) is 17.1. The fraction of sp³-hybridized carbons (Fsp3) is 0.294. The minimum atomic E-state index is 0.0998. The number of anilines is 1. The van der Waals surface area contributed by atoms with E-state index in [2.05, 4.69) is 27.7 Å². The number of fused-ring (bicyclic) bond motifs is 1. The lowest BCUT2D eigenvalue weighted by Crippen LogP contribution is -2.36. The number of carbonyl (C=O) groups is 1. The van der Waals surface area contributed by atoms with Crippen LogP contribution in [0.1, 0.15) is 16.9 Å². The maximum atomic E-state index is 12.7. The van der Waals surface area contributed by atoms with E-state index in [4.69, 9.17) is 0 Å². The van der Waals surface area contributed by atoms with Crippen LogP contribution in [0.5, 0.6) is 0 Å². The van der Waals surface area contributed by atoms with Crippen molar-refractivity contribution in [2.75, 3.05) is 17.2 Å². The van der Waals surface area contributed by atoms with Gasteiger partial charge < -0.3 is 4.90 Å². The highest BCUT2D eigenvalue weighted by Crippen LogP contribution is 2.28. The molecule has 3 heterocycles. The molecular weight excluding hydrogens is 354 g/mol. The van der Waals surface area contributed by atoms with Crippen molar-refractivity contribution in [1.82, 2.24) is 20.2 Å². The lowest BCUT2D eigenvalue weighted by Gasteiger charge is -2.29. The molecule has 2 aromatic heterocycles. The second kappa shape index (κ2) is 7.37. The summed E-state index contributed by atoms with van der Waals surface area (Å²) >= 11 is 3.06. The van der Waals surface area contributed by atoms with Gasteiger partial charge in [0.15, 0.2) is 0 Å². The topological polar surface area (TPSA) is 63.9 Å². The quantitative estimate of drug-likeness (QED) is 0.645. The number of nitrogens with zero attached hydrogens (tertiary/aromatic N) is 5. The fourth-order valence-corrected chi connectivity index (χ4v) is 4.38. The molecule has 1 amide bonds. The number of hydrogen-bond donors (Lipinski definition) is 0. The Labute approximate surface area is 153 Å². The van der Waals surface area contributed by atoms with Gasteiger partial charge in [0.25, 0.3) is 0 Å². The van der Waals surface area contributed by atoms with Crippen LogP contribution in [0.3, 0.4) is 0 Å². The Balaban J connectivity index is 1.43. The lowest BCUT2D eigenvalue weighted by molar-refractivity contribution is -0.116. The summed E-state index contributed by atoms with van der Waals surface area (Å²) in [5.41, 5.74) is 2.28. The number of benzene rings is 1. The number of rotatable bonds is 5. The third-order valence-corrected chi connectivity index (χ3v) is 5.92. The molecule has 4 rings (SSSR count). The van der Waals surface area contributed by atoms with E-state index < -0.39 is 0 Å². The third kappa shape index (κ3) is 3.59. The zero-order valence-corrected chi connectivity index (χ0v) is 15.2. The van der Waals surface area contributed by atoms with E-state index in [0.717, 1.165) is 25.1 Å². The summed E-state index contributed by atoms with van der Waals surface area (Å²) in [6.07, 6.45) is 2.04. The second-order valence-corrected chi connectivity index (χ2v) is 7.74. The van der Waals surface area contributed by atoms with Crippen molar-refractivity contribution >= 4 is 34.7 Å². The van der Waals surface area contributed by atoms with Crippen LogP contribution in [0.2, 0.25) is 0 Å². The first-order valence-electron chi connectivity index (χ1n) is 8.11. The molecule has 0 atom stereocenters. The largest absolute Gasteiger partial charge is 0.311 e. The van der Waals surface area contributed by atoms with Crippen molar-refractivity contribution in [3.05, 3.63) is 52.2 Å². The van der Waals surface area contributed by atoms with E-state index in [9.17, 15) is 4.79 Å². The number of aromatic nitrogens is 4. The van der Waals surface area contributed by atoms with E-state index in [0.29, 0.717) is 17.5 Å². The molecule has 0 spiro atoms. The average Bonchev–Trinajstić information content (AvgIpc) is 3.31. The molecule has 0 saturated carbocycles. The number of amides is 1. The average molecular weight is 371 g/mol. The number of thioether (sulfide) groups is 1. The Morgan fingerprint density at radius 3 is 3.04 bits per heavy atom. The molecule has 1 aliphatic rings. The van der Waals surface area contributed by atoms with Gasteiger partial charge in [-0.2, -0.15) is 0 Å². The first-order chi connectivity index (χ1) is 12.3. The minimum absolute atomic E-state index is 0.0998. The van der Waals surface area contributed by atoms with E-state index in [-0.39, 0.29) is 5.91 Å². The van der Waals surface area contributed by atoms with Crippen LogP contribution < -0.4 is 4.90 Å². The molecule has 3 aromatic rings. The van der Waals surface area contributed by atoms with Gasteiger partial charge in [-0.15, -0.1) is 16.4 Å². The summed E-state index contributed by atoms with van der Waals surface area (Å²) < 4.78 is 1.74. The Kier molecular flexibility index (Phi) is 4.80. The van der Waals surface area contributed by atoms with Gasteiger partial charge in [-0.05, 0) is 46.3 Å². The van der Waals surface area contributed by atoms with Crippen LogP contribution in [0.25, 0.3) is 0 Å². The van der Waals surface area contributed by atoms with Crippen molar-refractivity contribution in [3.63, 3.8) is 0 Å². The molecule has 0 fully saturated rings. The number of carbonyl (C=O) groups excluding carboxylic acids is 1. The maximum Gasteiger partial charge on any atom is 0.237 e. The van der Waals surface area contributed by atoms with Crippen molar-refractivity contribution in [2.24, 2.45) is 0 Å². The van der Waals surface area contributed by atoms with Crippen LogP contribution in [0, 0.1) is 0 Å². The van der Waals surface area contributed by atoms with Gasteiger partial charge in [-0.25, -0.2) is 4.68 Å². The molecule has 128 valence electrons. The Bertz CT molecular complexity index is 862. The molecule has 8 heteroatoms. The Hall–Kier alpha value is -2.19. The van der Waals surface area contributed by atoms with Crippen LogP contribution in [-0.2, 0) is 17.8 Å². The Morgan fingerprint density at radius 1 is 1.24 bits per heavy atom. The number of para-hydroxylation sites is 1. The van der Waals surface area contributed by atoms with Gasteiger partial charge in [0.2, 0.25) is 11.1 Å². The molecule has 0 radical (unpaired) electrons. The van der Waals surface area contributed by atoms with Crippen LogP contribution in [0.15, 0.2) is 46.9 Å². The predicted octanol–water partition coefficient (Wildman–Crippen LogP) is 2.85. The smallest absolute Gasteiger partial charge is 0.237 e. The van der Waals surface area contributed by atoms with E-state index in [1.165, 1.54) is 22.2 Å². The summed E-state index contributed by atoms with van der Waals surface area (Å²) in [6.45, 7) is 1.41. The zero-order valence-electron chi connectivity index (χ0n) is 13.5. The molecule has 1 aromatic carbocycles. The molecule has 25 heavy (non-hydrogen) atoms. The number of tetrazole rings is 1. The summed E-state index contributed by atoms with van der Waals surface area (Å²) in [6, 6.07) is 12.2. The van der Waals surface area contributed by atoms with Gasteiger partial charge in [0.05, 0.1) is 12.3 Å². The van der Waals surface area contributed by atoms with Gasteiger partial charge in [-0.1, -0.05) is 36.0 Å². The number of hydrogen-bond acceptors (Lipinski definition) is 6. The molecule has 1 aliphatic heterocycles. The molecule has 0 saturated heterocycles. The summed E-state index contributed by atoms with van der Waals surface area (Å²) in [5.74, 6) is 0.432. The molecule has 0 aliphatic carbocycles. The van der Waals surface area contributed by atoms with E-state index >= 15 is 0 Å². The summed E-state index contributed by atoms with van der Waals surface area (Å²) in [4.78, 5) is 15.8. The van der Waals surface area contributed by atoms with Gasteiger partial charge in [0.1, 0.15) is 0 Å². The van der Waals surface area contributed by atoms with Crippen molar-refractivity contribution < 1.29 is 4.79 Å². The molecule has 0 unspecified atom stereocenters. The third-order valence-electron chi connectivity index (χ3n) is 4.12. The van der Waals surface area contributed by atoms with Gasteiger partial charge in [0, 0.05) is 17.1 Å². The second-order valence-electron chi connectivity index (χ2n) is 5.76. The normalized spacial score (nSPS) is 13.7. The summed E-state index contributed by atoms with van der Waals surface area (Å²) in [7, 11) is 0. The first kappa shape index (κ1) is 16.3. The van der Waals surface area contributed by atoms with Crippen LogP contribution in [-0.4, -0.2) is 38.4 Å². The number of thiophene rings is 1. The summed E-state index contributed by atoms with van der Waals surface area (Å²) in [5, 5.41) is 14.5. The van der Waals surface area contributed by atoms with Gasteiger partial charge in [-0.3, -0.25) is 4.79 Å². The SMILES string of the molecule is O=C(CSc1nnnn1Cc1cccs1)N1CCCc2ccccc21. The first-order valence-corrected chi connectivity index (χ1v) is 9.97. The van der Waals surface area contributed by atoms with Crippen molar-refractivity contribution in [3.8, 4) is 0 Å². The Morgan fingerprint density at radius 2 is 2.16 bits per heavy atom. The highest BCUT2D eigenvalue weighted by Gasteiger charge is 2.22. The lowest BCUT2D eigenvalue weighted by atomic mass is 10.0. The van der Waals surface area contributed by atoms with E-state index in [1.54, 1.807) is 16.0 Å². The fourth-order valence-electron chi connectivity index (χ4n) is 2.95. The maximum absolute atomic E-state index is 12.7. The van der Waals surface area contributed by atoms with Crippen molar-refractivity contribution in [1.29, 1.82) is 0 Å². The molecule has 0 N–H and O–H groups in total. The van der Waals surface area contributed by atoms with Crippen LogP contribution >= 0.6 is 23.1 Å². The van der Waals surface area contributed by atoms with E-state index in [1.807, 2.05) is 34.5 Å². The minimum Gasteiger partial charge on any atom is -0.311 e. The van der Waals surface area contributed by atoms with Gasteiger partial charge >= 0.3 is 0 Å². The molecule has 0 bridgehead atoms. The van der Waals surface area contributed by atoms with Crippen LogP contribution in [0.4, 0.5) is 5.69 Å². The monoisotopic (exact) mass is 371 g/mol. The predicted molar refractivity (Wildman–Crippen MR) is 99.1 cm³/mol. The highest BCUT2D eigenvalue weighted by atomic mass is 32.2. The highest BCUT2D eigenvalue weighted by molar-refractivity contribution is 7.99. The molecule has 6 nitrogen and oxygen atoms in total. The standard InChI is InChI=1S/C17H17N5OS2/c23-16(21-9-3-6-13-5-1-2-8-15(13)21)12-25-17-18-19-20-22(17)11-14-7-4-10-24-14/h1-2,4-5,7-8,10H,3,6,9,11-12H2. The molecular formula is C17H17N5OS2. The number of aryl methyl sites for hydroxylation is 1. The van der Waals surface area contributed by atoms with Crippen molar-refractivity contribution in [2.45, 2.75) is 24.5 Å².